The van der Waals surface area contributed by atoms with Gasteiger partial charge in [-0.25, -0.2) is 0 Å². The minimum absolute atomic E-state index is 0.128. The van der Waals surface area contributed by atoms with E-state index in [-0.39, 0.29) is 5.84 Å². The van der Waals surface area contributed by atoms with E-state index in [1.165, 1.54) is 16.7 Å². The summed E-state index contributed by atoms with van der Waals surface area (Å²) in [6, 6.07) is 29.8. The van der Waals surface area contributed by atoms with E-state index in [1.54, 1.807) is 0 Å². The van der Waals surface area contributed by atoms with Gasteiger partial charge < -0.3 is 11.5 Å². The van der Waals surface area contributed by atoms with Crippen LogP contribution in [0.5, 0.6) is 0 Å². The molecule has 4 aromatic rings. The first-order valence-electron chi connectivity index (χ1n) is 12.9. The lowest BCUT2D eigenvalue weighted by Gasteiger charge is -2.03. The van der Waals surface area contributed by atoms with Gasteiger partial charge in [-0.2, -0.15) is 0 Å². The number of hydrogen-bond donors (Lipinski definition) is 3. The van der Waals surface area contributed by atoms with Crippen molar-refractivity contribution in [2.24, 2.45) is 11.5 Å². The molecule has 3 nitrogen and oxygen atoms in total. The number of nitrogens with two attached hydrogens (primary N) is 2. The molecule has 4 rings (SSSR count). The van der Waals surface area contributed by atoms with Crippen LogP contribution >= 0.6 is 23.2 Å². The molecule has 4 aromatic carbocycles. The minimum atomic E-state index is 0.128. The van der Waals surface area contributed by atoms with Gasteiger partial charge in [0.1, 0.15) is 5.84 Å². The maximum Gasteiger partial charge on any atom is 0.122 e. The Morgan fingerprint density at radius 3 is 1.55 bits per heavy atom. The van der Waals surface area contributed by atoms with Crippen molar-refractivity contribution in [3.05, 3.63) is 129 Å². The van der Waals surface area contributed by atoms with Gasteiger partial charge in [0.2, 0.25) is 0 Å². The van der Waals surface area contributed by atoms with Crippen LogP contribution < -0.4 is 11.5 Å². The van der Waals surface area contributed by atoms with Gasteiger partial charge in [0.05, 0.1) is 10.0 Å². The van der Waals surface area contributed by atoms with Gasteiger partial charge in [-0.3, -0.25) is 5.41 Å². The second kappa shape index (κ2) is 19.9. The molecule has 0 spiro atoms. The van der Waals surface area contributed by atoms with Crippen molar-refractivity contribution in [2.75, 3.05) is 0 Å². The number of halogens is 2. The lowest BCUT2D eigenvalue weighted by Crippen LogP contribution is -2.10. The number of nitrogens with one attached hydrogen (secondary N) is 1. The van der Waals surface area contributed by atoms with Crippen molar-refractivity contribution in [1.29, 1.82) is 5.41 Å². The Morgan fingerprint density at radius 2 is 1.13 bits per heavy atom. The van der Waals surface area contributed by atoms with Crippen molar-refractivity contribution in [3.8, 4) is 11.1 Å². The van der Waals surface area contributed by atoms with Crippen LogP contribution in [0.3, 0.4) is 0 Å². The Morgan fingerprint density at radius 1 is 0.632 bits per heavy atom. The molecule has 0 saturated carbocycles. The third-order valence-corrected chi connectivity index (χ3v) is 5.73. The topological polar surface area (TPSA) is 75.9 Å². The largest absolute Gasteiger partial charge is 0.384 e. The van der Waals surface area contributed by atoms with E-state index < -0.39 is 0 Å². The Labute approximate surface area is 240 Å². The molecule has 38 heavy (non-hydrogen) atoms. The summed E-state index contributed by atoms with van der Waals surface area (Å²) in [5, 5.41) is 8.29. The number of rotatable bonds is 3. The quantitative estimate of drug-likeness (QED) is 0.175. The van der Waals surface area contributed by atoms with Crippen LogP contribution in [-0.2, 0) is 6.54 Å². The van der Waals surface area contributed by atoms with Gasteiger partial charge in [0, 0.05) is 12.1 Å². The molecule has 0 aliphatic carbocycles. The molecule has 0 amide bonds. The van der Waals surface area contributed by atoms with Crippen LogP contribution in [0.15, 0.2) is 91.0 Å². The van der Waals surface area contributed by atoms with Gasteiger partial charge >= 0.3 is 0 Å². The first-order valence-corrected chi connectivity index (χ1v) is 13.6. The maximum atomic E-state index is 7.11. The number of hydrogen-bond acceptors (Lipinski definition) is 2. The molecule has 204 valence electrons. The first kappa shape index (κ1) is 34.9. The molecule has 0 fully saturated rings. The molecule has 0 aromatic heterocycles. The van der Waals surface area contributed by atoms with E-state index in [9.17, 15) is 0 Å². The van der Waals surface area contributed by atoms with Gasteiger partial charge in [-0.1, -0.05) is 140 Å². The van der Waals surface area contributed by atoms with E-state index in [0.29, 0.717) is 16.6 Å². The molecule has 0 aliphatic heterocycles. The normalized spacial score (nSPS) is 9.11. The average molecular weight is 553 g/mol. The summed E-state index contributed by atoms with van der Waals surface area (Å²) >= 11 is 11.8. The zero-order chi connectivity index (χ0) is 29.1. The van der Waals surface area contributed by atoms with Crippen LogP contribution in [-0.4, -0.2) is 5.84 Å². The smallest absolute Gasteiger partial charge is 0.122 e. The van der Waals surface area contributed by atoms with Crippen molar-refractivity contribution >= 4 is 29.0 Å². The second-order valence-electron chi connectivity index (χ2n) is 7.97. The predicted octanol–water partition coefficient (Wildman–Crippen LogP) is 9.75. The fourth-order valence-electron chi connectivity index (χ4n) is 2.96. The molecule has 0 heterocycles. The fourth-order valence-corrected chi connectivity index (χ4v) is 3.26. The van der Waals surface area contributed by atoms with Crippen molar-refractivity contribution in [3.63, 3.8) is 0 Å². The summed E-state index contributed by atoms with van der Waals surface area (Å²) in [4.78, 5) is 0. The van der Waals surface area contributed by atoms with E-state index in [0.717, 1.165) is 22.3 Å². The molecule has 0 unspecified atom stereocenters. The highest BCUT2D eigenvalue weighted by molar-refractivity contribution is 6.42. The molecular formula is C33H43Cl2N3. The van der Waals surface area contributed by atoms with Crippen LogP contribution in [0.2, 0.25) is 10.0 Å². The number of nitrogen functional groups attached to an aromatic ring is 1. The van der Waals surface area contributed by atoms with Crippen LogP contribution in [0.1, 0.15) is 55.5 Å². The van der Waals surface area contributed by atoms with Gasteiger partial charge in [-0.15, -0.1) is 0 Å². The molecule has 0 bridgehead atoms. The third kappa shape index (κ3) is 13.4. The van der Waals surface area contributed by atoms with Crippen LogP contribution in [0.25, 0.3) is 11.1 Å². The third-order valence-electron chi connectivity index (χ3n) is 4.99. The standard InChI is InChI=1S/C13H10Cl2.C8H10N2.C8H11N.2C2H6/c1-9-2-4-10(5-3-9)11-6-7-12(14)13(15)8-11;1-6-3-2-4-7(5-6)8(9)10;1-7-2-4-8(6-9)5-3-7;2*1-2/h2-8H,1H3;2-5H,1H3,(H3,9,10);2-5H,6,9H2,1H3;2*1-2H3. The predicted molar refractivity (Wildman–Crippen MR) is 171 cm³/mol. The molecule has 0 aliphatic rings. The second-order valence-corrected chi connectivity index (χ2v) is 8.78. The Hall–Kier alpha value is -3.11. The van der Waals surface area contributed by atoms with Gasteiger partial charge in [-0.05, 0) is 55.7 Å². The summed E-state index contributed by atoms with van der Waals surface area (Å²) in [6.45, 7) is 14.8. The van der Waals surface area contributed by atoms with Gasteiger partial charge in [0.25, 0.3) is 0 Å². The Balaban J connectivity index is 0.000000525. The summed E-state index contributed by atoms with van der Waals surface area (Å²) in [7, 11) is 0. The molecule has 0 saturated heterocycles. The number of benzene rings is 4. The fraction of sp³-hybridized carbons (Fsp3) is 0.242. The van der Waals surface area contributed by atoms with E-state index >= 15 is 0 Å². The van der Waals surface area contributed by atoms with Crippen molar-refractivity contribution in [1.82, 2.24) is 0 Å². The van der Waals surface area contributed by atoms with E-state index in [4.69, 9.17) is 40.1 Å². The summed E-state index contributed by atoms with van der Waals surface area (Å²) in [6.07, 6.45) is 0. The Bertz CT molecular complexity index is 1200. The molecule has 0 radical (unpaired) electrons. The first-order chi connectivity index (χ1) is 18.2. The Kier molecular flexibility index (Phi) is 18.3. The highest BCUT2D eigenvalue weighted by atomic mass is 35.5. The van der Waals surface area contributed by atoms with Crippen LogP contribution in [0.4, 0.5) is 0 Å². The maximum absolute atomic E-state index is 7.11. The van der Waals surface area contributed by atoms with Crippen molar-refractivity contribution in [2.45, 2.75) is 55.0 Å². The zero-order valence-electron chi connectivity index (χ0n) is 23.8. The number of aryl methyl sites for hydroxylation is 3. The molecule has 0 atom stereocenters. The SMILES string of the molecule is CC.CC.Cc1ccc(-c2ccc(Cl)c(Cl)c2)cc1.Cc1ccc(CN)cc1.Cc1cccc(C(=N)N)c1. The summed E-state index contributed by atoms with van der Waals surface area (Å²) in [5.41, 5.74) is 18.6. The van der Waals surface area contributed by atoms with Crippen molar-refractivity contribution < 1.29 is 0 Å². The average Bonchev–Trinajstić information content (AvgIpc) is 2.94. The minimum Gasteiger partial charge on any atom is -0.384 e. The lowest BCUT2D eigenvalue weighted by molar-refractivity contribution is 1.07. The highest BCUT2D eigenvalue weighted by Crippen LogP contribution is 2.28. The number of amidine groups is 1. The zero-order valence-corrected chi connectivity index (χ0v) is 25.3. The summed E-state index contributed by atoms with van der Waals surface area (Å²) < 4.78 is 0. The van der Waals surface area contributed by atoms with E-state index in [1.807, 2.05) is 77.1 Å². The highest BCUT2D eigenvalue weighted by Gasteiger charge is 2.01. The van der Waals surface area contributed by atoms with E-state index in [2.05, 4.69) is 62.4 Å². The van der Waals surface area contributed by atoms with Gasteiger partial charge in [0.15, 0.2) is 0 Å². The molecule has 5 heteroatoms. The monoisotopic (exact) mass is 551 g/mol. The molecule has 5 N–H and O–H groups in total. The lowest BCUT2D eigenvalue weighted by atomic mass is 10.0. The van der Waals surface area contributed by atoms with Crippen LogP contribution in [0, 0.1) is 26.2 Å². The molecular weight excluding hydrogens is 509 g/mol. The summed E-state index contributed by atoms with van der Waals surface area (Å²) in [5.74, 6) is 0.128.